The molecule has 2 aromatic carbocycles. The number of hydrogen-bond donors (Lipinski definition) is 6. The zero-order valence-corrected chi connectivity index (χ0v) is 30.3. The van der Waals surface area contributed by atoms with Gasteiger partial charge in [-0.15, -0.1) is 0 Å². The number of rotatable bonds is 20. The van der Waals surface area contributed by atoms with E-state index in [1.165, 1.54) is 14.2 Å². The van der Waals surface area contributed by atoms with E-state index in [0.717, 1.165) is 5.56 Å². The van der Waals surface area contributed by atoms with Gasteiger partial charge in [-0.2, -0.15) is 0 Å². The summed E-state index contributed by atoms with van der Waals surface area (Å²) >= 11 is 0. The first-order valence-electron chi connectivity index (χ1n) is 17.0. The summed E-state index contributed by atoms with van der Waals surface area (Å²) < 4.78 is 10.6. The second-order valence-corrected chi connectivity index (χ2v) is 13.2. The van der Waals surface area contributed by atoms with Crippen molar-refractivity contribution in [1.82, 2.24) is 21.3 Å². The van der Waals surface area contributed by atoms with Crippen LogP contribution in [0.15, 0.2) is 48.5 Å². The van der Waals surface area contributed by atoms with Gasteiger partial charge in [0.15, 0.2) is 11.5 Å². The van der Waals surface area contributed by atoms with Crippen molar-refractivity contribution >= 4 is 29.6 Å². The van der Waals surface area contributed by atoms with E-state index in [4.69, 9.17) is 9.47 Å². The molecule has 13 heteroatoms. The van der Waals surface area contributed by atoms with Crippen molar-refractivity contribution in [2.24, 2.45) is 17.8 Å². The number of carbonyl (C=O) groups is 5. The van der Waals surface area contributed by atoms with E-state index >= 15 is 0 Å². The molecule has 0 spiro atoms. The van der Waals surface area contributed by atoms with E-state index in [1.807, 2.05) is 37.3 Å². The summed E-state index contributed by atoms with van der Waals surface area (Å²) in [5.41, 5.74) is 1.44. The Kier molecular flexibility index (Phi) is 16.7. The molecule has 0 unspecified atom stereocenters. The van der Waals surface area contributed by atoms with Gasteiger partial charge in [-0.3, -0.25) is 19.2 Å². The molecule has 13 nitrogen and oxygen atoms in total. The predicted molar refractivity (Wildman–Crippen MR) is 189 cm³/mol. The van der Waals surface area contributed by atoms with E-state index in [2.05, 4.69) is 21.3 Å². The van der Waals surface area contributed by atoms with Crippen molar-refractivity contribution in [2.75, 3.05) is 14.2 Å². The molecule has 0 saturated heterocycles. The van der Waals surface area contributed by atoms with Gasteiger partial charge in [0.1, 0.15) is 18.1 Å². The molecule has 0 fully saturated rings. The topological polar surface area (TPSA) is 192 Å². The summed E-state index contributed by atoms with van der Waals surface area (Å²) in [4.78, 5) is 64.9. The number of aliphatic hydroxyl groups is 1. The van der Waals surface area contributed by atoms with Crippen LogP contribution >= 0.6 is 0 Å². The van der Waals surface area contributed by atoms with Gasteiger partial charge >= 0.3 is 5.97 Å². The van der Waals surface area contributed by atoms with Crippen LogP contribution in [-0.4, -0.2) is 84.3 Å². The highest BCUT2D eigenvalue weighted by molar-refractivity contribution is 5.91. The van der Waals surface area contributed by atoms with Gasteiger partial charge in [0, 0.05) is 0 Å². The van der Waals surface area contributed by atoms with Crippen molar-refractivity contribution < 1.29 is 43.7 Å². The molecule has 0 aliphatic carbocycles. The summed E-state index contributed by atoms with van der Waals surface area (Å²) in [7, 11) is 3.01. The Morgan fingerprint density at radius 3 is 1.82 bits per heavy atom. The maximum absolute atomic E-state index is 13.7. The minimum absolute atomic E-state index is 0.0254. The molecule has 0 aromatic heterocycles. The zero-order chi connectivity index (χ0) is 37.5. The third-order valence-electron chi connectivity index (χ3n) is 8.61. The van der Waals surface area contributed by atoms with Crippen LogP contribution in [0.1, 0.15) is 65.5 Å². The average Bonchev–Trinajstić information content (AvgIpc) is 3.07. The molecule has 0 aliphatic heterocycles. The molecule has 6 atom stereocenters. The molecule has 50 heavy (non-hydrogen) atoms. The van der Waals surface area contributed by atoms with Crippen LogP contribution in [-0.2, 0) is 36.8 Å². The number of methoxy groups -OCH3 is 2. The lowest BCUT2D eigenvalue weighted by atomic mass is 9.95. The van der Waals surface area contributed by atoms with Crippen molar-refractivity contribution in [3.63, 3.8) is 0 Å². The highest BCUT2D eigenvalue weighted by Crippen LogP contribution is 2.27. The third kappa shape index (κ3) is 12.7. The molecular formula is C37H54N4O9. The quantitative estimate of drug-likeness (QED) is 0.121. The number of carboxylic acids is 1. The number of carbonyl (C=O) groups excluding carboxylic acids is 4. The van der Waals surface area contributed by atoms with E-state index < -0.39 is 66.3 Å². The highest BCUT2D eigenvalue weighted by Gasteiger charge is 2.34. The smallest absolute Gasteiger partial charge is 0.326 e. The van der Waals surface area contributed by atoms with Crippen molar-refractivity contribution in [1.29, 1.82) is 0 Å². The third-order valence-corrected chi connectivity index (χ3v) is 8.61. The minimum atomic E-state index is -1.38. The molecule has 0 saturated carbocycles. The molecule has 0 radical (unpaired) electrons. The molecule has 6 N–H and O–H groups in total. The SMILES string of the molecule is CC[C@H](C)[C@H](NC(=O)C[C@H](O)[C@H](Cc1ccccc1)NC(=O)[C@@H](NC(=O)Cc1ccc(OC)c(OC)c1)C(C)C)C(=O)N[C@H](C(=O)O)C(C)C. The van der Waals surface area contributed by atoms with Crippen LogP contribution < -0.4 is 30.7 Å². The van der Waals surface area contributed by atoms with E-state index in [0.29, 0.717) is 23.5 Å². The summed E-state index contributed by atoms with van der Waals surface area (Å²) in [6.07, 6.45) is -1.17. The van der Waals surface area contributed by atoms with E-state index in [9.17, 15) is 34.2 Å². The Balaban J connectivity index is 2.22. The lowest BCUT2D eigenvalue weighted by molar-refractivity contribution is -0.143. The van der Waals surface area contributed by atoms with E-state index in [1.54, 1.807) is 52.8 Å². The minimum Gasteiger partial charge on any atom is -0.493 e. The van der Waals surface area contributed by atoms with Gasteiger partial charge in [-0.25, -0.2) is 4.79 Å². The second-order valence-electron chi connectivity index (χ2n) is 13.2. The molecule has 2 rings (SSSR count). The van der Waals surface area contributed by atoms with Gasteiger partial charge in [-0.1, -0.05) is 84.4 Å². The lowest BCUT2D eigenvalue weighted by Crippen LogP contribution is -2.57. The van der Waals surface area contributed by atoms with Crippen molar-refractivity contribution in [2.45, 2.75) is 97.5 Å². The Hall–Kier alpha value is -4.65. The number of nitrogens with one attached hydrogen (secondary N) is 4. The fourth-order valence-corrected chi connectivity index (χ4v) is 5.38. The van der Waals surface area contributed by atoms with Crippen LogP contribution in [0.3, 0.4) is 0 Å². The molecule has 2 aromatic rings. The number of amides is 4. The van der Waals surface area contributed by atoms with Crippen LogP contribution in [0.4, 0.5) is 0 Å². The summed E-state index contributed by atoms with van der Waals surface area (Å²) in [5, 5.41) is 31.7. The Bertz CT molecular complexity index is 1430. The van der Waals surface area contributed by atoms with Gasteiger partial charge in [-0.05, 0) is 47.4 Å². The number of benzene rings is 2. The summed E-state index contributed by atoms with van der Waals surface area (Å²) in [6.45, 7) is 10.5. The van der Waals surface area contributed by atoms with Gasteiger partial charge < -0.3 is 41.0 Å². The number of carboxylic acid groups (broad SMARTS) is 1. The number of aliphatic carboxylic acids is 1. The van der Waals surface area contributed by atoms with Crippen LogP contribution in [0.5, 0.6) is 11.5 Å². The Labute approximate surface area is 294 Å². The normalized spacial score (nSPS) is 14.8. The Morgan fingerprint density at radius 2 is 1.28 bits per heavy atom. The average molecular weight is 699 g/mol. The molecule has 0 bridgehead atoms. The van der Waals surface area contributed by atoms with Crippen molar-refractivity contribution in [3.05, 3.63) is 59.7 Å². The maximum Gasteiger partial charge on any atom is 0.326 e. The molecule has 0 aliphatic rings. The van der Waals surface area contributed by atoms with Gasteiger partial charge in [0.2, 0.25) is 23.6 Å². The zero-order valence-electron chi connectivity index (χ0n) is 30.3. The van der Waals surface area contributed by atoms with Crippen LogP contribution in [0.2, 0.25) is 0 Å². The maximum atomic E-state index is 13.7. The number of hydrogen-bond acceptors (Lipinski definition) is 8. The number of aliphatic hydroxyl groups excluding tert-OH is 1. The monoisotopic (exact) mass is 698 g/mol. The lowest BCUT2D eigenvalue weighted by Gasteiger charge is -2.30. The van der Waals surface area contributed by atoms with Crippen LogP contribution in [0.25, 0.3) is 0 Å². The Morgan fingerprint density at radius 1 is 0.700 bits per heavy atom. The largest absolute Gasteiger partial charge is 0.493 e. The number of ether oxygens (including phenoxy) is 2. The van der Waals surface area contributed by atoms with Crippen LogP contribution in [0, 0.1) is 17.8 Å². The van der Waals surface area contributed by atoms with Gasteiger partial charge in [0.05, 0.1) is 39.2 Å². The first-order chi connectivity index (χ1) is 23.6. The fraction of sp³-hybridized carbons (Fsp3) is 0.541. The molecule has 276 valence electrons. The standard InChI is InChI=1S/C37H54N4O9/c1-9-23(6)34(36(46)41-33(22(4)5)37(47)48)40-31(44)20-27(42)26(17-24-13-11-10-12-14-24)38-35(45)32(21(2)3)39-30(43)19-25-15-16-28(49-7)29(18-25)50-8/h10-16,18,21-23,26-27,32-34,42H,9,17,19-20H2,1-8H3,(H,38,45)(H,39,43)(H,40,44)(H,41,46)(H,47,48)/t23-,26-,27-,32-,33-,34-/m0/s1. The molecule has 0 heterocycles. The first-order valence-corrected chi connectivity index (χ1v) is 17.0. The second kappa shape index (κ2) is 20.1. The molecule has 4 amide bonds. The van der Waals surface area contributed by atoms with Gasteiger partial charge in [0.25, 0.3) is 0 Å². The first kappa shape index (κ1) is 41.5. The van der Waals surface area contributed by atoms with Crippen molar-refractivity contribution in [3.8, 4) is 11.5 Å². The predicted octanol–water partition coefficient (Wildman–Crippen LogP) is 2.62. The fourth-order valence-electron chi connectivity index (χ4n) is 5.38. The highest BCUT2D eigenvalue weighted by atomic mass is 16.5. The summed E-state index contributed by atoms with van der Waals surface area (Å²) in [6, 6.07) is 10.1. The molecular weight excluding hydrogens is 644 g/mol. The van der Waals surface area contributed by atoms with E-state index in [-0.39, 0.29) is 30.6 Å². The summed E-state index contributed by atoms with van der Waals surface area (Å²) in [5.74, 6) is -3.48.